The molecule has 134 valence electrons. The highest BCUT2D eigenvalue weighted by atomic mass is 32.2. The smallest absolute Gasteiger partial charge is 0.251 e. The van der Waals surface area contributed by atoms with E-state index in [0.717, 1.165) is 5.56 Å². The Balaban J connectivity index is 1.90. The van der Waals surface area contributed by atoms with E-state index in [1.54, 1.807) is 30.5 Å². The van der Waals surface area contributed by atoms with Gasteiger partial charge < -0.3 is 10.6 Å². The molecule has 0 saturated heterocycles. The predicted molar refractivity (Wildman–Crippen MR) is 96.8 cm³/mol. The molecule has 0 aliphatic rings. The molecule has 1 heterocycles. The molecule has 4 N–H and O–H groups in total. The van der Waals surface area contributed by atoms with E-state index in [0.29, 0.717) is 24.3 Å². The van der Waals surface area contributed by atoms with Crippen LogP contribution in [0.4, 0.5) is 5.82 Å². The molecule has 0 radical (unpaired) electrons. The fourth-order valence-electron chi connectivity index (χ4n) is 2.21. The van der Waals surface area contributed by atoms with Crippen molar-refractivity contribution in [2.75, 3.05) is 11.9 Å². The lowest BCUT2D eigenvalue weighted by atomic mass is 10.1. The van der Waals surface area contributed by atoms with E-state index < -0.39 is 10.0 Å². The molecule has 0 atom stereocenters. The van der Waals surface area contributed by atoms with Crippen molar-refractivity contribution in [3.63, 3.8) is 0 Å². The molecule has 1 amide bonds. The average molecular weight is 362 g/mol. The van der Waals surface area contributed by atoms with Crippen LogP contribution in [-0.2, 0) is 16.4 Å². The third kappa shape index (κ3) is 5.84. The third-order valence-electron chi connectivity index (χ3n) is 3.41. The minimum atomic E-state index is -3.68. The van der Waals surface area contributed by atoms with Gasteiger partial charge in [-0.2, -0.15) is 0 Å². The fourth-order valence-corrected chi connectivity index (χ4v) is 2.73. The number of sulfonamides is 1. The molecule has 7 nitrogen and oxygen atoms in total. The summed E-state index contributed by atoms with van der Waals surface area (Å²) in [6.45, 7) is 4.42. The quantitative estimate of drug-likeness (QED) is 0.691. The highest BCUT2D eigenvalue weighted by Crippen LogP contribution is 2.10. The van der Waals surface area contributed by atoms with Gasteiger partial charge >= 0.3 is 0 Å². The first kappa shape index (κ1) is 18.9. The van der Waals surface area contributed by atoms with Crippen molar-refractivity contribution >= 4 is 21.7 Å². The predicted octanol–water partition coefficient (Wildman–Crippen LogP) is 1.52. The summed E-state index contributed by atoms with van der Waals surface area (Å²) in [5.41, 5.74) is 1.44. The van der Waals surface area contributed by atoms with Crippen molar-refractivity contribution in [2.45, 2.75) is 31.2 Å². The van der Waals surface area contributed by atoms with Crippen LogP contribution in [-0.4, -0.2) is 31.9 Å². The van der Waals surface area contributed by atoms with Gasteiger partial charge in [0.2, 0.25) is 10.0 Å². The van der Waals surface area contributed by atoms with Crippen LogP contribution in [0.15, 0.2) is 47.5 Å². The summed E-state index contributed by atoms with van der Waals surface area (Å²) in [4.78, 5) is 16.4. The van der Waals surface area contributed by atoms with Crippen LogP contribution in [0.3, 0.4) is 0 Å². The Labute approximate surface area is 147 Å². The van der Waals surface area contributed by atoms with Crippen LogP contribution in [0.25, 0.3) is 0 Å². The number of nitrogens with zero attached hydrogens (tertiary/aromatic N) is 1. The highest BCUT2D eigenvalue weighted by molar-refractivity contribution is 7.89. The number of hydrogen-bond acceptors (Lipinski definition) is 5. The molecule has 0 unspecified atom stereocenters. The number of aromatic nitrogens is 1. The van der Waals surface area contributed by atoms with Crippen LogP contribution in [0.5, 0.6) is 0 Å². The summed E-state index contributed by atoms with van der Waals surface area (Å²) in [6.07, 6.45) is 2.17. The standard InChI is InChI=1S/C17H22N4O3S/c1-12(2)21-16-11-14(8-10-19-16)17(22)20-9-7-13-3-5-15(6-4-13)25(18,23)24/h3-6,8,10-12H,7,9H2,1-2H3,(H,19,21)(H,20,22)(H2,18,23,24). The number of carbonyl (C=O) groups excluding carboxylic acids is 1. The van der Waals surface area contributed by atoms with Gasteiger partial charge in [-0.3, -0.25) is 4.79 Å². The molecule has 0 aliphatic heterocycles. The van der Waals surface area contributed by atoms with Gasteiger partial charge in [0, 0.05) is 24.3 Å². The monoisotopic (exact) mass is 362 g/mol. The second-order valence-electron chi connectivity index (χ2n) is 5.92. The Morgan fingerprint density at radius 1 is 1.20 bits per heavy atom. The van der Waals surface area contributed by atoms with Gasteiger partial charge in [0.15, 0.2) is 0 Å². The lowest BCUT2D eigenvalue weighted by molar-refractivity contribution is 0.0954. The summed E-state index contributed by atoms with van der Waals surface area (Å²) in [6, 6.07) is 9.87. The molecule has 1 aromatic carbocycles. The van der Waals surface area contributed by atoms with Crippen molar-refractivity contribution in [1.29, 1.82) is 0 Å². The van der Waals surface area contributed by atoms with Crippen LogP contribution < -0.4 is 15.8 Å². The Kier molecular flexibility index (Phi) is 6.11. The number of nitrogens with two attached hydrogens (primary N) is 1. The number of pyridine rings is 1. The summed E-state index contributed by atoms with van der Waals surface area (Å²) in [7, 11) is -3.68. The SMILES string of the molecule is CC(C)Nc1cc(C(=O)NCCc2ccc(S(N)(=O)=O)cc2)ccn1. The molecular formula is C17H22N4O3S. The third-order valence-corrected chi connectivity index (χ3v) is 4.34. The zero-order valence-electron chi connectivity index (χ0n) is 14.2. The van der Waals surface area contributed by atoms with E-state index in [4.69, 9.17) is 5.14 Å². The van der Waals surface area contributed by atoms with Crippen molar-refractivity contribution in [3.8, 4) is 0 Å². The topological polar surface area (TPSA) is 114 Å². The Morgan fingerprint density at radius 3 is 2.48 bits per heavy atom. The first-order valence-corrected chi connectivity index (χ1v) is 9.43. The van der Waals surface area contributed by atoms with E-state index in [2.05, 4.69) is 15.6 Å². The lowest BCUT2D eigenvalue weighted by Crippen LogP contribution is -2.26. The van der Waals surface area contributed by atoms with Gasteiger partial charge in [-0.25, -0.2) is 18.5 Å². The normalized spacial score (nSPS) is 11.4. The molecule has 0 fully saturated rings. The first-order valence-electron chi connectivity index (χ1n) is 7.88. The van der Waals surface area contributed by atoms with Crippen LogP contribution >= 0.6 is 0 Å². The molecule has 25 heavy (non-hydrogen) atoms. The maximum Gasteiger partial charge on any atom is 0.251 e. The Morgan fingerprint density at radius 2 is 1.88 bits per heavy atom. The van der Waals surface area contributed by atoms with Gasteiger partial charge in [0.05, 0.1) is 4.90 Å². The van der Waals surface area contributed by atoms with Gasteiger partial charge in [0.1, 0.15) is 5.82 Å². The molecule has 2 rings (SSSR count). The molecule has 1 aromatic heterocycles. The Bertz CT molecular complexity index is 833. The van der Waals surface area contributed by atoms with Gasteiger partial charge in [-0.15, -0.1) is 0 Å². The molecular weight excluding hydrogens is 340 g/mol. The summed E-state index contributed by atoms with van der Waals surface area (Å²) < 4.78 is 22.4. The number of amides is 1. The second kappa shape index (κ2) is 8.09. The number of primary sulfonamides is 1. The number of benzene rings is 1. The van der Waals surface area contributed by atoms with E-state index in [-0.39, 0.29) is 16.8 Å². The van der Waals surface area contributed by atoms with Gasteiger partial charge in [0.25, 0.3) is 5.91 Å². The van der Waals surface area contributed by atoms with Gasteiger partial charge in [-0.05, 0) is 50.1 Å². The minimum absolute atomic E-state index is 0.0715. The highest BCUT2D eigenvalue weighted by Gasteiger charge is 2.09. The maximum absolute atomic E-state index is 12.2. The minimum Gasteiger partial charge on any atom is -0.368 e. The number of carbonyl (C=O) groups is 1. The fraction of sp³-hybridized carbons (Fsp3) is 0.294. The largest absolute Gasteiger partial charge is 0.368 e. The molecule has 0 bridgehead atoms. The first-order chi connectivity index (χ1) is 11.8. The Hall–Kier alpha value is -2.45. The second-order valence-corrected chi connectivity index (χ2v) is 7.49. The summed E-state index contributed by atoms with van der Waals surface area (Å²) in [5.74, 6) is 0.469. The van der Waals surface area contributed by atoms with E-state index >= 15 is 0 Å². The van der Waals surface area contributed by atoms with Crippen LogP contribution in [0, 0.1) is 0 Å². The summed E-state index contributed by atoms with van der Waals surface area (Å²) >= 11 is 0. The summed E-state index contributed by atoms with van der Waals surface area (Å²) in [5, 5.41) is 11.0. The van der Waals surface area contributed by atoms with E-state index in [9.17, 15) is 13.2 Å². The zero-order valence-corrected chi connectivity index (χ0v) is 15.0. The molecule has 0 spiro atoms. The zero-order chi connectivity index (χ0) is 18.4. The van der Waals surface area contributed by atoms with E-state index in [1.165, 1.54) is 12.1 Å². The van der Waals surface area contributed by atoms with E-state index in [1.807, 2.05) is 13.8 Å². The molecule has 0 aliphatic carbocycles. The van der Waals surface area contributed by atoms with Crippen LogP contribution in [0.1, 0.15) is 29.8 Å². The van der Waals surface area contributed by atoms with Crippen molar-refractivity contribution in [3.05, 3.63) is 53.7 Å². The number of rotatable bonds is 7. The van der Waals surface area contributed by atoms with Crippen LogP contribution in [0.2, 0.25) is 0 Å². The molecule has 0 saturated carbocycles. The van der Waals surface area contributed by atoms with Crippen molar-refractivity contribution < 1.29 is 13.2 Å². The number of hydrogen-bond donors (Lipinski definition) is 3. The average Bonchev–Trinajstić information content (AvgIpc) is 2.54. The van der Waals surface area contributed by atoms with Gasteiger partial charge in [-0.1, -0.05) is 12.1 Å². The van der Waals surface area contributed by atoms with Crippen molar-refractivity contribution in [2.24, 2.45) is 5.14 Å². The number of nitrogens with one attached hydrogen (secondary N) is 2. The lowest BCUT2D eigenvalue weighted by Gasteiger charge is -2.10. The number of anilines is 1. The van der Waals surface area contributed by atoms with Crippen molar-refractivity contribution in [1.82, 2.24) is 10.3 Å². The molecule has 8 heteroatoms. The maximum atomic E-state index is 12.2. The molecule has 2 aromatic rings.